The van der Waals surface area contributed by atoms with Crippen molar-refractivity contribution in [1.82, 2.24) is 10.6 Å². The summed E-state index contributed by atoms with van der Waals surface area (Å²) in [4.78, 5) is 25.4. The molecular formula is C22H22FN3O2S. The van der Waals surface area contributed by atoms with Gasteiger partial charge in [-0.3, -0.25) is 9.59 Å². The van der Waals surface area contributed by atoms with Crippen molar-refractivity contribution in [3.63, 3.8) is 0 Å². The molecular weight excluding hydrogens is 389 g/mol. The van der Waals surface area contributed by atoms with E-state index in [1.165, 1.54) is 24.3 Å². The third-order valence-corrected chi connectivity index (χ3v) is 7.06. The summed E-state index contributed by atoms with van der Waals surface area (Å²) in [7, 11) is 0. The van der Waals surface area contributed by atoms with Gasteiger partial charge in [0.2, 0.25) is 5.91 Å². The van der Waals surface area contributed by atoms with Gasteiger partial charge in [-0.2, -0.15) is 5.26 Å². The number of nitrogens with one attached hydrogen (secondary N) is 2. The number of rotatable bonds is 6. The number of benzene rings is 1. The lowest BCUT2D eigenvalue weighted by atomic mass is 9.98. The molecule has 29 heavy (non-hydrogen) atoms. The quantitative estimate of drug-likeness (QED) is 0.714. The van der Waals surface area contributed by atoms with Crippen LogP contribution in [0.15, 0.2) is 30.3 Å². The Bertz CT molecular complexity index is 996. The number of nitriles is 1. The van der Waals surface area contributed by atoms with Crippen molar-refractivity contribution in [2.24, 2.45) is 5.92 Å². The van der Waals surface area contributed by atoms with Gasteiger partial charge in [0.25, 0.3) is 0 Å². The molecule has 4 rings (SSSR count). The largest absolute Gasteiger partial charge is 0.339 e. The van der Waals surface area contributed by atoms with Gasteiger partial charge in [0.05, 0.1) is 17.0 Å². The third-order valence-electron chi connectivity index (χ3n) is 5.83. The Morgan fingerprint density at radius 2 is 2.17 bits per heavy atom. The van der Waals surface area contributed by atoms with Crippen molar-refractivity contribution >= 4 is 23.0 Å². The average molecular weight is 412 g/mol. The zero-order valence-corrected chi connectivity index (χ0v) is 16.9. The van der Waals surface area contributed by atoms with Crippen LogP contribution < -0.4 is 10.6 Å². The van der Waals surface area contributed by atoms with Gasteiger partial charge in [-0.15, -0.1) is 11.3 Å². The standard InChI is InChI=1S/C22H22FN3O2S/c1-12(27)19-6-7-20(29-19)14-3-2-13(18(23)10-14)8-17(11-24)26-22(28)21-15-4-5-16(9-15)25-21/h2-3,6-7,10,15-17,21,25H,4-5,8-9H2,1H3,(H,26,28)/t15?,16-,17?,21+/m1/s1. The highest BCUT2D eigenvalue weighted by molar-refractivity contribution is 7.17. The lowest BCUT2D eigenvalue weighted by Crippen LogP contribution is -2.50. The van der Waals surface area contributed by atoms with Gasteiger partial charge in [-0.25, -0.2) is 4.39 Å². The van der Waals surface area contributed by atoms with Crippen LogP contribution in [0.4, 0.5) is 4.39 Å². The van der Waals surface area contributed by atoms with E-state index < -0.39 is 11.9 Å². The smallest absolute Gasteiger partial charge is 0.238 e. The van der Waals surface area contributed by atoms with Crippen molar-refractivity contribution in [2.45, 2.75) is 50.7 Å². The monoisotopic (exact) mass is 411 g/mol. The topological polar surface area (TPSA) is 82.0 Å². The highest BCUT2D eigenvalue weighted by atomic mass is 32.1. The van der Waals surface area contributed by atoms with E-state index in [9.17, 15) is 19.2 Å². The van der Waals surface area contributed by atoms with Gasteiger partial charge >= 0.3 is 0 Å². The minimum atomic E-state index is -0.783. The molecule has 1 aliphatic heterocycles. The van der Waals surface area contributed by atoms with Crippen molar-refractivity contribution < 1.29 is 14.0 Å². The van der Waals surface area contributed by atoms with Gasteiger partial charge in [-0.05, 0) is 61.4 Å². The fraction of sp³-hybridized carbons (Fsp3) is 0.409. The maximum absolute atomic E-state index is 14.7. The first-order valence-electron chi connectivity index (χ1n) is 9.80. The van der Waals surface area contributed by atoms with E-state index in [1.54, 1.807) is 24.3 Å². The molecule has 2 aromatic rings. The van der Waals surface area contributed by atoms with Crippen LogP contribution in [0.3, 0.4) is 0 Å². The lowest BCUT2D eigenvalue weighted by Gasteiger charge is -2.23. The molecule has 1 aromatic heterocycles. The molecule has 2 aliphatic rings. The molecule has 1 amide bonds. The Balaban J connectivity index is 1.43. The average Bonchev–Trinajstić information content (AvgIpc) is 3.45. The summed E-state index contributed by atoms with van der Waals surface area (Å²) in [5.41, 5.74) is 1.07. The molecule has 2 unspecified atom stereocenters. The molecule has 1 aliphatic carbocycles. The second-order valence-electron chi connectivity index (χ2n) is 7.84. The fourth-order valence-corrected chi connectivity index (χ4v) is 5.21. The van der Waals surface area contributed by atoms with E-state index >= 15 is 0 Å². The number of carbonyl (C=O) groups is 2. The molecule has 7 heteroatoms. The Hall–Kier alpha value is -2.56. The van der Waals surface area contributed by atoms with Crippen LogP contribution in [0.2, 0.25) is 0 Å². The Kier molecular flexibility index (Phi) is 5.48. The Morgan fingerprint density at radius 3 is 2.76 bits per heavy atom. The molecule has 2 bridgehead atoms. The number of amides is 1. The minimum absolute atomic E-state index is 0.0177. The van der Waals surface area contributed by atoms with Crippen molar-refractivity contribution in [2.75, 3.05) is 0 Å². The van der Waals surface area contributed by atoms with Crippen LogP contribution in [0.25, 0.3) is 10.4 Å². The number of nitrogens with zero attached hydrogens (tertiary/aromatic N) is 1. The van der Waals surface area contributed by atoms with Gasteiger partial charge in [-0.1, -0.05) is 12.1 Å². The first kappa shape index (κ1) is 19.7. The molecule has 2 heterocycles. The molecule has 5 nitrogen and oxygen atoms in total. The van der Waals surface area contributed by atoms with Gasteiger partial charge in [0, 0.05) is 17.3 Å². The molecule has 0 spiro atoms. The maximum atomic E-state index is 14.7. The molecule has 150 valence electrons. The van der Waals surface area contributed by atoms with Crippen LogP contribution in [-0.4, -0.2) is 29.8 Å². The summed E-state index contributed by atoms with van der Waals surface area (Å²) >= 11 is 1.32. The van der Waals surface area contributed by atoms with Crippen molar-refractivity contribution in [3.05, 3.63) is 46.6 Å². The minimum Gasteiger partial charge on any atom is -0.339 e. The maximum Gasteiger partial charge on any atom is 0.238 e. The second-order valence-corrected chi connectivity index (χ2v) is 8.92. The van der Waals surface area contributed by atoms with E-state index in [1.807, 2.05) is 0 Å². The van der Waals surface area contributed by atoms with Crippen LogP contribution in [0.1, 0.15) is 41.4 Å². The molecule has 4 atom stereocenters. The Morgan fingerprint density at radius 1 is 1.34 bits per heavy atom. The predicted molar refractivity (Wildman–Crippen MR) is 109 cm³/mol. The number of fused-ring (bicyclic) bond motifs is 2. The van der Waals surface area contributed by atoms with Gasteiger partial charge < -0.3 is 10.6 Å². The van der Waals surface area contributed by atoms with E-state index in [4.69, 9.17) is 0 Å². The lowest BCUT2D eigenvalue weighted by molar-refractivity contribution is -0.124. The van der Waals surface area contributed by atoms with E-state index in [-0.39, 0.29) is 24.2 Å². The SMILES string of the molecule is CC(=O)c1ccc(-c2ccc(CC(C#N)NC(=O)[C@H]3N[C@@H]4CCC3C4)c(F)c2)s1. The van der Waals surface area contributed by atoms with Crippen LogP contribution in [-0.2, 0) is 11.2 Å². The molecule has 2 N–H and O–H groups in total. The first-order chi connectivity index (χ1) is 13.9. The van der Waals surface area contributed by atoms with E-state index in [2.05, 4.69) is 16.7 Å². The van der Waals surface area contributed by atoms with E-state index in [0.717, 1.165) is 24.1 Å². The zero-order valence-electron chi connectivity index (χ0n) is 16.1. The van der Waals surface area contributed by atoms with Crippen LogP contribution in [0, 0.1) is 23.1 Å². The zero-order chi connectivity index (χ0) is 20.5. The number of thiophene rings is 1. The van der Waals surface area contributed by atoms with Crippen LogP contribution in [0.5, 0.6) is 0 Å². The summed E-state index contributed by atoms with van der Waals surface area (Å²) in [6.07, 6.45) is 3.26. The molecule has 1 saturated heterocycles. The summed E-state index contributed by atoms with van der Waals surface area (Å²) in [6, 6.07) is 9.83. The molecule has 1 aromatic carbocycles. The van der Waals surface area contributed by atoms with Crippen molar-refractivity contribution in [1.29, 1.82) is 5.26 Å². The second kappa shape index (κ2) is 8.05. The van der Waals surface area contributed by atoms with E-state index in [0.29, 0.717) is 28.0 Å². The number of hydrogen-bond donors (Lipinski definition) is 2. The third kappa shape index (κ3) is 4.09. The predicted octanol–water partition coefficient (Wildman–Crippen LogP) is 3.45. The number of piperidine rings is 1. The number of Topliss-reactive ketones (excluding diaryl/α,β-unsaturated/α-hetero) is 1. The highest BCUT2D eigenvalue weighted by Gasteiger charge is 2.43. The van der Waals surface area contributed by atoms with Gasteiger partial charge in [0.15, 0.2) is 5.78 Å². The summed E-state index contributed by atoms with van der Waals surface area (Å²) < 4.78 is 14.7. The molecule has 2 fully saturated rings. The van der Waals surface area contributed by atoms with Gasteiger partial charge in [0.1, 0.15) is 11.9 Å². The highest BCUT2D eigenvalue weighted by Crippen LogP contribution is 2.35. The number of halogens is 1. The number of hydrogen-bond acceptors (Lipinski definition) is 5. The summed E-state index contributed by atoms with van der Waals surface area (Å²) in [6.45, 7) is 1.50. The molecule has 0 radical (unpaired) electrons. The number of ketones is 1. The first-order valence-corrected chi connectivity index (χ1v) is 10.6. The summed E-state index contributed by atoms with van der Waals surface area (Å²) in [5, 5.41) is 15.5. The van der Waals surface area contributed by atoms with Crippen molar-refractivity contribution in [3.8, 4) is 16.5 Å². The summed E-state index contributed by atoms with van der Waals surface area (Å²) in [5.74, 6) is -0.277. The fourth-order valence-electron chi connectivity index (χ4n) is 4.31. The van der Waals surface area contributed by atoms with Crippen LogP contribution >= 0.6 is 11.3 Å². The number of carbonyl (C=O) groups excluding carboxylic acids is 2. The normalized spacial score (nSPS) is 23.6. The molecule has 1 saturated carbocycles. The Labute approximate surface area is 172 Å².